The van der Waals surface area contributed by atoms with E-state index in [9.17, 15) is 9.59 Å². The molecule has 0 spiro atoms. The Balaban J connectivity index is 2.10. The standard InChI is InChI=1S/C13H16N2O4/c1-18-12(16)9-2-4-10(5-3-9)15-7-6-11(8-14)19-13(15)17/h2-5,11H,6-8,14H2,1H3. The Bertz CT molecular complexity index is 472. The van der Waals surface area contributed by atoms with E-state index >= 15 is 0 Å². The number of esters is 1. The van der Waals surface area contributed by atoms with Gasteiger partial charge in [0.05, 0.1) is 12.7 Å². The topological polar surface area (TPSA) is 81.9 Å². The van der Waals surface area contributed by atoms with Crippen LogP contribution in [0, 0.1) is 0 Å². The fraction of sp³-hybridized carbons (Fsp3) is 0.385. The van der Waals surface area contributed by atoms with E-state index in [1.54, 1.807) is 24.3 Å². The van der Waals surface area contributed by atoms with Crippen LogP contribution < -0.4 is 10.6 Å². The van der Waals surface area contributed by atoms with E-state index in [-0.39, 0.29) is 6.10 Å². The molecular formula is C13H16N2O4. The van der Waals surface area contributed by atoms with Gasteiger partial charge in [-0.1, -0.05) is 0 Å². The van der Waals surface area contributed by atoms with Crippen molar-refractivity contribution in [1.29, 1.82) is 0 Å². The van der Waals surface area contributed by atoms with Crippen molar-refractivity contribution in [3.05, 3.63) is 29.8 Å². The molecular weight excluding hydrogens is 248 g/mol. The zero-order chi connectivity index (χ0) is 13.8. The minimum atomic E-state index is -0.410. The Morgan fingerprint density at radius 2 is 2.16 bits per heavy atom. The van der Waals surface area contributed by atoms with Crippen LogP contribution in [0.15, 0.2) is 24.3 Å². The van der Waals surface area contributed by atoms with Gasteiger partial charge >= 0.3 is 12.1 Å². The van der Waals surface area contributed by atoms with Crippen LogP contribution in [0.5, 0.6) is 0 Å². The third kappa shape index (κ3) is 2.85. The molecule has 6 nitrogen and oxygen atoms in total. The van der Waals surface area contributed by atoms with E-state index in [1.807, 2.05) is 0 Å². The molecule has 0 aliphatic carbocycles. The summed E-state index contributed by atoms with van der Waals surface area (Å²) in [6.45, 7) is 0.888. The summed E-state index contributed by atoms with van der Waals surface area (Å²) in [7, 11) is 1.32. The minimum absolute atomic E-state index is 0.210. The highest BCUT2D eigenvalue weighted by molar-refractivity contribution is 5.92. The zero-order valence-electron chi connectivity index (χ0n) is 10.7. The molecule has 1 fully saturated rings. The first-order chi connectivity index (χ1) is 9.15. The smallest absolute Gasteiger partial charge is 0.414 e. The number of rotatable bonds is 3. The van der Waals surface area contributed by atoms with Crippen LogP contribution >= 0.6 is 0 Å². The van der Waals surface area contributed by atoms with Crippen molar-refractivity contribution in [3.63, 3.8) is 0 Å². The summed E-state index contributed by atoms with van der Waals surface area (Å²) in [6, 6.07) is 6.61. The molecule has 1 atom stereocenters. The Morgan fingerprint density at radius 3 is 2.68 bits per heavy atom. The number of carbonyl (C=O) groups excluding carboxylic acids is 2. The Morgan fingerprint density at radius 1 is 1.47 bits per heavy atom. The SMILES string of the molecule is COC(=O)c1ccc(N2CCC(CN)OC2=O)cc1. The largest absolute Gasteiger partial charge is 0.465 e. The van der Waals surface area contributed by atoms with Gasteiger partial charge in [0, 0.05) is 25.2 Å². The molecule has 0 radical (unpaired) electrons. The Kier molecular flexibility index (Phi) is 4.01. The summed E-state index contributed by atoms with van der Waals surface area (Å²) < 4.78 is 9.79. The van der Waals surface area contributed by atoms with E-state index in [4.69, 9.17) is 10.5 Å². The fourth-order valence-electron chi connectivity index (χ4n) is 1.93. The number of ether oxygens (including phenoxy) is 2. The van der Waals surface area contributed by atoms with E-state index in [2.05, 4.69) is 4.74 Å². The molecule has 0 bridgehead atoms. The average molecular weight is 264 g/mol. The molecule has 1 heterocycles. The van der Waals surface area contributed by atoms with Crippen LogP contribution in [-0.4, -0.2) is 38.4 Å². The van der Waals surface area contributed by atoms with Crippen molar-refractivity contribution in [2.24, 2.45) is 5.73 Å². The van der Waals surface area contributed by atoms with Gasteiger partial charge in [-0.3, -0.25) is 4.90 Å². The van der Waals surface area contributed by atoms with Gasteiger partial charge in [-0.25, -0.2) is 9.59 Å². The molecule has 1 saturated heterocycles. The fourth-order valence-corrected chi connectivity index (χ4v) is 1.93. The van der Waals surface area contributed by atoms with Crippen molar-refractivity contribution in [2.45, 2.75) is 12.5 Å². The number of cyclic esters (lactones) is 1. The number of nitrogens with zero attached hydrogens (tertiary/aromatic N) is 1. The quantitative estimate of drug-likeness (QED) is 0.828. The molecule has 102 valence electrons. The molecule has 6 heteroatoms. The van der Waals surface area contributed by atoms with Crippen molar-refractivity contribution < 1.29 is 19.1 Å². The summed E-state index contributed by atoms with van der Waals surface area (Å²) in [5, 5.41) is 0. The summed E-state index contributed by atoms with van der Waals surface area (Å²) in [4.78, 5) is 24.6. The number of benzene rings is 1. The third-order valence-corrected chi connectivity index (χ3v) is 3.03. The molecule has 1 aromatic carbocycles. The van der Waals surface area contributed by atoms with Crippen LogP contribution in [0.4, 0.5) is 10.5 Å². The van der Waals surface area contributed by atoms with E-state index < -0.39 is 12.1 Å². The highest BCUT2D eigenvalue weighted by Gasteiger charge is 2.27. The highest BCUT2D eigenvalue weighted by atomic mass is 16.6. The first-order valence-corrected chi connectivity index (χ1v) is 6.02. The second-order valence-corrected chi connectivity index (χ2v) is 4.22. The van der Waals surface area contributed by atoms with Gasteiger partial charge in [-0.15, -0.1) is 0 Å². The maximum Gasteiger partial charge on any atom is 0.414 e. The summed E-state index contributed by atoms with van der Waals surface area (Å²) >= 11 is 0. The van der Waals surface area contributed by atoms with Crippen molar-refractivity contribution in [1.82, 2.24) is 0 Å². The van der Waals surface area contributed by atoms with E-state index in [0.29, 0.717) is 30.8 Å². The lowest BCUT2D eigenvalue weighted by Crippen LogP contribution is -2.44. The van der Waals surface area contributed by atoms with Gasteiger partial charge in [-0.2, -0.15) is 0 Å². The minimum Gasteiger partial charge on any atom is -0.465 e. The van der Waals surface area contributed by atoms with Crippen LogP contribution in [0.3, 0.4) is 0 Å². The number of amides is 1. The number of methoxy groups -OCH3 is 1. The van der Waals surface area contributed by atoms with Crippen LogP contribution in [0.1, 0.15) is 16.8 Å². The molecule has 1 amide bonds. The molecule has 0 saturated carbocycles. The molecule has 2 rings (SSSR count). The molecule has 2 N–H and O–H groups in total. The predicted octanol–water partition coefficient (Wildman–Crippen LogP) is 1.15. The van der Waals surface area contributed by atoms with Gasteiger partial charge in [-0.05, 0) is 24.3 Å². The lowest BCUT2D eigenvalue weighted by Gasteiger charge is -2.31. The van der Waals surface area contributed by atoms with Gasteiger partial charge in [0.2, 0.25) is 0 Å². The van der Waals surface area contributed by atoms with E-state index in [1.165, 1.54) is 12.0 Å². The maximum absolute atomic E-state index is 11.8. The maximum atomic E-state index is 11.8. The molecule has 1 unspecified atom stereocenters. The van der Waals surface area contributed by atoms with E-state index in [0.717, 1.165) is 0 Å². The third-order valence-electron chi connectivity index (χ3n) is 3.03. The van der Waals surface area contributed by atoms with Crippen molar-refractivity contribution in [2.75, 3.05) is 25.1 Å². The summed E-state index contributed by atoms with van der Waals surface area (Å²) in [6.07, 6.45) is 0.0756. The normalized spacial score (nSPS) is 18.9. The van der Waals surface area contributed by atoms with Crippen LogP contribution in [0.2, 0.25) is 0 Å². The second-order valence-electron chi connectivity index (χ2n) is 4.22. The molecule has 19 heavy (non-hydrogen) atoms. The number of hydrogen-bond acceptors (Lipinski definition) is 5. The van der Waals surface area contributed by atoms with Gasteiger partial charge < -0.3 is 15.2 Å². The molecule has 1 aromatic rings. The van der Waals surface area contributed by atoms with Gasteiger partial charge in [0.15, 0.2) is 0 Å². The number of carbonyl (C=O) groups is 2. The number of nitrogens with two attached hydrogens (primary N) is 1. The van der Waals surface area contributed by atoms with Crippen molar-refractivity contribution in [3.8, 4) is 0 Å². The highest BCUT2D eigenvalue weighted by Crippen LogP contribution is 2.21. The van der Waals surface area contributed by atoms with Crippen LogP contribution in [-0.2, 0) is 9.47 Å². The monoisotopic (exact) mass is 264 g/mol. The predicted molar refractivity (Wildman–Crippen MR) is 69.1 cm³/mol. The lowest BCUT2D eigenvalue weighted by atomic mass is 10.1. The van der Waals surface area contributed by atoms with Gasteiger partial charge in [0.25, 0.3) is 0 Å². The lowest BCUT2D eigenvalue weighted by molar-refractivity contribution is 0.0600. The Labute approximate surface area is 111 Å². The van der Waals surface area contributed by atoms with Crippen molar-refractivity contribution >= 4 is 17.7 Å². The summed E-state index contributed by atoms with van der Waals surface area (Å²) in [5.41, 5.74) is 6.60. The van der Waals surface area contributed by atoms with Gasteiger partial charge in [0.1, 0.15) is 6.10 Å². The number of anilines is 1. The number of hydrogen-bond donors (Lipinski definition) is 1. The van der Waals surface area contributed by atoms with Crippen LogP contribution in [0.25, 0.3) is 0 Å². The molecule has 1 aliphatic heterocycles. The Hall–Kier alpha value is -2.08. The summed E-state index contributed by atoms with van der Waals surface area (Å²) in [5.74, 6) is -0.407. The first-order valence-electron chi connectivity index (χ1n) is 6.02. The second kappa shape index (κ2) is 5.71. The first kappa shape index (κ1) is 13.4. The zero-order valence-corrected chi connectivity index (χ0v) is 10.7. The molecule has 0 aromatic heterocycles. The average Bonchev–Trinajstić information content (AvgIpc) is 2.46. The molecule has 1 aliphatic rings.